The van der Waals surface area contributed by atoms with E-state index in [0.29, 0.717) is 32.7 Å². The lowest BCUT2D eigenvalue weighted by atomic mass is 10.2. The molecule has 0 aromatic rings. The summed E-state index contributed by atoms with van der Waals surface area (Å²) in [6.45, 7) is 1.92. The third kappa shape index (κ3) is 9.44. The molecule has 4 N–H and O–H groups in total. The number of amides is 1. The van der Waals surface area contributed by atoms with Crippen LogP contribution in [0.1, 0.15) is 19.3 Å². The van der Waals surface area contributed by atoms with Crippen LogP contribution in [0.3, 0.4) is 0 Å². The van der Waals surface area contributed by atoms with E-state index in [4.69, 9.17) is 15.6 Å². The first-order valence-corrected chi connectivity index (χ1v) is 4.96. The predicted octanol–water partition coefficient (Wildman–Crippen LogP) is -0.759. The second kappa shape index (κ2) is 10.4. The highest BCUT2D eigenvalue weighted by Crippen LogP contribution is 1.92. The van der Waals surface area contributed by atoms with Gasteiger partial charge in [-0.1, -0.05) is 0 Å². The predicted molar refractivity (Wildman–Crippen MR) is 53.8 cm³/mol. The largest absolute Gasteiger partial charge is 0.394 e. The number of nitrogens with one attached hydrogen (secondary N) is 1. The molecule has 0 saturated carbocycles. The van der Waals surface area contributed by atoms with E-state index >= 15 is 0 Å². The number of aliphatic hydroxyl groups is 1. The third-order valence-corrected chi connectivity index (χ3v) is 1.66. The van der Waals surface area contributed by atoms with Gasteiger partial charge in [0.15, 0.2) is 0 Å². The van der Waals surface area contributed by atoms with E-state index in [9.17, 15) is 4.79 Å². The first-order chi connectivity index (χ1) is 6.81. The molecular weight excluding hydrogens is 184 g/mol. The summed E-state index contributed by atoms with van der Waals surface area (Å²) in [5.41, 5.74) is 5.29. The van der Waals surface area contributed by atoms with Crippen LogP contribution < -0.4 is 11.1 Å². The van der Waals surface area contributed by atoms with Gasteiger partial charge in [0.2, 0.25) is 5.91 Å². The number of carbonyl (C=O) groups excluding carboxylic acids is 1. The molecule has 0 aromatic carbocycles. The molecule has 84 valence electrons. The van der Waals surface area contributed by atoms with Gasteiger partial charge in [0.05, 0.1) is 19.8 Å². The third-order valence-electron chi connectivity index (χ3n) is 1.66. The van der Waals surface area contributed by atoms with E-state index in [-0.39, 0.29) is 12.5 Å². The zero-order valence-electron chi connectivity index (χ0n) is 8.50. The molecule has 0 aliphatic rings. The molecule has 0 unspecified atom stereocenters. The molecule has 0 rings (SSSR count). The molecule has 0 atom stereocenters. The van der Waals surface area contributed by atoms with E-state index in [1.54, 1.807) is 0 Å². The number of carbonyl (C=O) groups is 1. The normalized spacial score (nSPS) is 10.1. The number of nitrogens with two attached hydrogens (primary N) is 1. The van der Waals surface area contributed by atoms with Crippen LogP contribution in [0.4, 0.5) is 0 Å². The monoisotopic (exact) mass is 204 g/mol. The van der Waals surface area contributed by atoms with Crippen molar-refractivity contribution in [3.63, 3.8) is 0 Å². The molecular formula is C9H20N2O3. The summed E-state index contributed by atoms with van der Waals surface area (Å²) in [5.74, 6) is 0.0334. The number of hydrogen-bond donors (Lipinski definition) is 3. The summed E-state index contributed by atoms with van der Waals surface area (Å²) >= 11 is 0. The fraction of sp³-hybridized carbons (Fsp3) is 0.889. The Hall–Kier alpha value is -0.650. The Morgan fingerprint density at radius 3 is 2.79 bits per heavy atom. The molecule has 5 nitrogen and oxygen atoms in total. The molecule has 0 radical (unpaired) electrons. The van der Waals surface area contributed by atoms with Crippen molar-refractivity contribution in [2.24, 2.45) is 5.73 Å². The van der Waals surface area contributed by atoms with Gasteiger partial charge in [-0.25, -0.2) is 0 Å². The first kappa shape index (κ1) is 13.4. The Kier molecular flexibility index (Phi) is 9.95. The average Bonchev–Trinajstić information content (AvgIpc) is 2.18. The van der Waals surface area contributed by atoms with Crippen LogP contribution in [0.25, 0.3) is 0 Å². The van der Waals surface area contributed by atoms with Crippen molar-refractivity contribution in [3.8, 4) is 0 Å². The zero-order valence-corrected chi connectivity index (χ0v) is 8.50. The maximum Gasteiger partial charge on any atom is 0.220 e. The number of ether oxygens (including phenoxy) is 1. The molecule has 0 aromatic heterocycles. The Balaban J connectivity index is 3.10. The first-order valence-electron chi connectivity index (χ1n) is 4.96. The maximum absolute atomic E-state index is 11.1. The lowest BCUT2D eigenvalue weighted by Crippen LogP contribution is -2.27. The van der Waals surface area contributed by atoms with E-state index in [2.05, 4.69) is 5.32 Å². The molecule has 0 heterocycles. The van der Waals surface area contributed by atoms with Crippen LogP contribution in [-0.4, -0.2) is 43.9 Å². The van der Waals surface area contributed by atoms with Crippen molar-refractivity contribution in [1.82, 2.24) is 5.32 Å². The van der Waals surface area contributed by atoms with Gasteiger partial charge >= 0.3 is 0 Å². The van der Waals surface area contributed by atoms with E-state index < -0.39 is 0 Å². The minimum atomic E-state index is 0.0183. The molecule has 14 heavy (non-hydrogen) atoms. The molecule has 0 aliphatic heterocycles. The summed E-state index contributed by atoms with van der Waals surface area (Å²) in [7, 11) is 0. The van der Waals surface area contributed by atoms with Crippen molar-refractivity contribution in [2.45, 2.75) is 19.3 Å². The summed E-state index contributed by atoms with van der Waals surface area (Å²) in [4.78, 5) is 11.1. The maximum atomic E-state index is 11.1. The van der Waals surface area contributed by atoms with Gasteiger partial charge < -0.3 is 20.9 Å². The van der Waals surface area contributed by atoms with Gasteiger partial charge in [0.25, 0.3) is 0 Å². The number of rotatable bonds is 9. The van der Waals surface area contributed by atoms with Gasteiger partial charge in [-0.2, -0.15) is 0 Å². The van der Waals surface area contributed by atoms with Crippen molar-refractivity contribution in [3.05, 3.63) is 0 Å². The Morgan fingerprint density at radius 2 is 2.14 bits per heavy atom. The van der Waals surface area contributed by atoms with Crippen LogP contribution in [-0.2, 0) is 9.53 Å². The van der Waals surface area contributed by atoms with Gasteiger partial charge in [-0.3, -0.25) is 4.79 Å². The van der Waals surface area contributed by atoms with Gasteiger partial charge in [0.1, 0.15) is 0 Å². The highest BCUT2D eigenvalue weighted by Gasteiger charge is 1.98. The average molecular weight is 204 g/mol. The minimum Gasteiger partial charge on any atom is -0.394 e. The van der Waals surface area contributed by atoms with Crippen molar-refractivity contribution in [1.29, 1.82) is 0 Å². The second-order valence-corrected chi connectivity index (χ2v) is 2.93. The fourth-order valence-electron chi connectivity index (χ4n) is 0.948. The minimum absolute atomic E-state index is 0.0183. The molecule has 0 fully saturated rings. The molecule has 0 aliphatic carbocycles. The topological polar surface area (TPSA) is 84.6 Å². The number of aliphatic hydroxyl groups excluding tert-OH is 1. The van der Waals surface area contributed by atoms with Crippen LogP contribution in [0.5, 0.6) is 0 Å². The summed E-state index contributed by atoms with van der Waals surface area (Å²) in [5, 5.41) is 11.1. The van der Waals surface area contributed by atoms with Crippen molar-refractivity contribution < 1.29 is 14.6 Å². The molecule has 5 heteroatoms. The van der Waals surface area contributed by atoms with Crippen molar-refractivity contribution in [2.75, 3.05) is 32.9 Å². The number of unbranched alkanes of at least 4 members (excludes halogenated alkanes) is 1. The molecule has 0 spiro atoms. The highest BCUT2D eigenvalue weighted by atomic mass is 16.5. The quantitative estimate of drug-likeness (QED) is 0.431. The van der Waals surface area contributed by atoms with Gasteiger partial charge in [-0.05, 0) is 19.4 Å². The highest BCUT2D eigenvalue weighted by molar-refractivity contribution is 5.75. The number of hydrogen-bond acceptors (Lipinski definition) is 4. The Morgan fingerprint density at radius 1 is 1.36 bits per heavy atom. The molecule has 1 amide bonds. The molecule has 0 bridgehead atoms. The lowest BCUT2D eigenvalue weighted by Gasteiger charge is -2.04. The second-order valence-electron chi connectivity index (χ2n) is 2.93. The van der Waals surface area contributed by atoms with E-state index in [1.807, 2.05) is 0 Å². The van der Waals surface area contributed by atoms with E-state index in [0.717, 1.165) is 12.8 Å². The van der Waals surface area contributed by atoms with E-state index in [1.165, 1.54) is 0 Å². The Labute approximate surface area is 84.6 Å². The summed E-state index contributed by atoms with van der Waals surface area (Å²) in [6, 6.07) is 0. The standard InChI is InChI=1S/C9H20N2O3/c10-4-2-1-3-9(13)11-5-7-14-8-6-12/h12H,1-8,10H2,(H,11,13). The van der Waals surface area contributed by atoms with Crippen molar-refractivity contribution >= 4 is 5.91 Å². The summed E-state index contributed by atoms with van der Waals surface area (Å²) < 4.78 is 4.97. The fourth-order valence-corrected chi connectivity index (χ4v) is 0.948. The van der Waals surface area contributed by atoms with Gasteiger partial charge in [-0.15, -0.1) is 0 Å². The molecule has 0 saturated heterocycles. The van der Waals surface area contributed by atoms with Crippen LogP contribution in [0, 0.1) is 0 Å². The van der Waals surface area contributed by atoms with Crippen LogP contribution in [0.15, 0.2) is 0 Å². The van der Waals surface area contributed by atoms with Gasteiger partial charge in [0, 0.05) is 13.0 Å². The van der Waals surface area contributed by atoms with Crippen LogP contribution >= 0.6 is 0 Å². The van der Waals surface area contributed by atoms with Crippen LogP contribution in [0.2, 0.25) is 0 Å². The lowest BCUT2D eigenvalue weighted by molar-refractivity contribution is -0.121. The SMILES string of the molecule is NCCCCC(=O)NCCOCCO. The smallest absolute Gasteiger partial charge is 0.220 e. The summed E-state index contributed by atoms with van der Waals surface area (Å²) in [6.07, 6.45) is 2.24. The Bertz CT molecular complexity index is 142. The zero-order chi connectivity index (χ0) is 10.6.